The van der Waals surface area contributed by atoms with Crippen molar-refractivity contribution in [2.24, 2.45) is 0 Å². The molecule has 7 heteroatoms. The van der Waals surface area contributed by atoms with Crippen molar-refractivity contribution in [3.8, 4) is 11.5 Å². The molecule has 3 rings (SSSR count). The van der Waals surface area contributed by atoms with Gasteiger partial charge < -0.3 is 9.84 Å². The highest BCUT2D eigenvalue weighted by molar-refractivity contribution is 6.31. The minimum Gasteiger partial charge on any atom is -0.507 e. The van der Waals surface area contributed by atoms with Crippen LogP contribution in [0.2, 0.25) is 5.02 Å². The Morgan fingerprint density at radius 1 is 1.04 bits per heavy atom. The van der Waals surface area contributed by atoms with Crippen LogP contribution in [0.1, 0.15) is 19.3 Å². The summed E-state index contributed by atoms with van der Waals surface area (Å²) < 4.78 is 41.7. The van der Waals surface area contributed by atoms with Gasteiger partial charge in [0.15, 0.2) is 0 Å². The molecule has 0 aliphatic carbocycles. The average Bonchev–Trinajstić information content (AvgIpc) is 2.52. The molecule has 1 heterocycles. The van der Waals surface area contributed by atoms with Crippen molar-refractivity contribution in [1.29, 1.82) is 0 Å². The third-order valence-electron chi connectivity index (χ3n) is 3.77. The standard InChI is InChI=1S/C18H15ClF3NO2/c19-12-4-3-11-7-14-16(23-15(11)8-12)9-13(10-17(14)24)25-6-2-1-5-18(20,21)22/h3-4,7-10,24H,1-2,5-6H2. The highest BCUT2D eigenvalue weighted by Gasteiger charge is 2.25. The number of hydrogen-bond acceptors (Lipinski definition) is 3. The van der Waals surface area contributed by atoms with Crippen molar-refractivity contribution in [3.63, 3.8) is 0 Å². The van der Waals surface area contributed by atoms with E-state index in [4.69, 9.17) is 16.3 Å². The zero-order valence-electron chi connectivity index (χ0n) is 13.1. The molecule has 0 fully saturated rings. The summed E-state index contributed by atoms with van der Waals surface area (Å²) in [5, 5.41) is 12.1. The molecule has 3 nitrogen and oxygen atoms in total. The maximum absolute atomic E-state index is 12.1. The van der Waals surface area contributed by atoms with Gasteiger partial charge in [-0.1, -0.05) is 17.7 Å². The molecule has 0 unspecified atom stereocenters. The van der Waals surface area contributed by atoms with Crippen molar-refractivity contribution in [3.05, 3.63) is 41.4 Å². The fourth-order valence-corrected chi connectivity index (χ4v) is 2.73. The van der Waals surface area contributed by atoms with Crippen molar-refractivity contribution in [2.75, 3.05) is 6.61 Å². The maximum Gasteiger partial charge on any atom is 0.389 e. The van der Waals surface area contributed by atoms with Crippen LogP contribution in [0.3, 0.4) is 0 Å². The van der Waals surface area contributed by atoms with Gasteiger partial charge in [-0.15, -0.1) is 0 Å². The molecule has 0 spiro atoms. The summed E-state index contributed by atoms with van der Waals surface area (Å²) in [5.41, 5.74) is 1.21. The van der Waals surface area contributed by atoms with Crippen LogP contribution < -0.4 is 4.74 Å². The Balaban J connectivity index is 1.77. The Labute approximate surface area is 147 Å². The number of aromatic hydroxyl groups is 1. The average molecular weight is 370 g/mol. The third kappa shape index (κ3) is 4.45. The number of halogens is 4. The highest BCUT2D eigenvalue weighted by Crippen LogP contribution is 2.32. The van der Waals surface area contributed by atoms with Crippen LogP contribution in [-0.4, -0.2) is 22.9 Å². The van der Waals surface area contributed by atoms with E-state index < -0.39 is 12.6 Å². The SMILES string of the molecule is Oc1cc(OCCCCC(F)(F)F)cc2nc3cc(Cl)ccc3cc12. The summed E-state index contributed by atoms with van der Waals surface area (Å²) in [5.74, 6) is 0.373. The highest BCUT2D eigenvalue weighted by atomic mass is 35.5. The molecule has 0 saturated carbocycles. The second-order valence-corrected chi connectivity index (χ2v) is 6.19. The van der Waals surface area contributed by atoms with Crippen LogP contribution in [0.25, 0.3) is 21.8 Å². The Hall–Kier alpha value is -2.21. The van der Waals surface area contributed by atoms with Gasteiger partial charge >= 0.3 is 6.18 Å². The van der Waals surface area contributed by atoms with Gasteiger partial charge in [0.25, 0.3) is 0 Å². The smallest absolute Gasteiger partial charge is 0.389 e. The Kier molecular flexibility index (Phi) is 4.90. The number of alkyl halides is 3. The third-order valence-corrected chi connectivity index (χ3v) is 4.00. The molecule has 0 bridgehead atoms. The summed E-state index contributed by atoms with van der Waals surface area (Å²) in [6, 6.07) is 10.2. The number of phenolic OH excluding ortho intramolecular Hbond substituents is 1. The first kappa shape index (κ1) is 17.6. The fourth-order valence-electron chi connectivity index (χ4n) is 2.56. The normalized spacial score (nSPS) is 12.0. The van der Waals surface area contributed by atoms with Crippen LogP contribution in [0.5, 0.6) is 11.5 Å². The maximum atomic E-state index is 12.1. The Morgan fingerprint density at radius 2 is 1.84 bits per heavy atom. The second-order valence-electron chi connectivity index (χ2n) is 5.76. The molecule has 1 aromatic heterocycles. The molecule has 0 amide bonds. The number of aromatic nitrogens is 1. The lowest BCUT2D eigenvalue weighted by Crippen LogP contribution is -2.07. The first-order valence-electron chi connectivity index (χ1n) is 7.74. The lowest BCUT2D eigenvalue weighted by Gasteiger charge is -2.10. The fraction of sp³-hybridized carbons (Fsp3) is 0.278. The van der Waals surface area contributed by atoms with Crippen LogP contribution in [0, 0.1) is 0 Å². The van der Waals surface area contributed by atoms with Gasteiger partial charge in [-0.2, -0.15) is 13.2 Å². The lowest BCUT2D eigenvalue weighted by molar-refractivity contribution is -0.135. The first-order chi connectivity index (χ1) is 11.8. The van der Waals surface area contributed by atoms with E-state index in [1.54, 1.807) is 24.3 Å². The summed E-state index contributed by atoms with van der Waals surface area (Å²) in [4.78, 5) is 4.46. The predicted molar refractivity (Wildman–Crippen MR) is 91.3 cm³/mol. The minimum absolute atomic E-state index is 0.00441. The van der Waals surface area contributed by atoms with Crippen molar-refractivity contribution in [1.82, 2.24) is 4.98 Å². The molecule has 25 heavy (non-hydrogen) atoms. The van der Waals surface area contributed by atoms with Crippen molar-refractivity contribution >= 4 is 33.4 Å². The number of hydrogen-bond donors (Lipinski definition) is 1. The Bertz CT molecular complexity index is 912. The van der Waals surface area contributed by atoms with Crippen LogP contribution in [-0.2, 0) is 0 Å². The van der Waals surface area contributed by atoms with Crippen molar-refractivity contribution < 1.29 is 23.0 Å². The summed E-state index contributed by atoms with van der Waals surface area (Å²) in [6.07, 6.45) is -4.69. The molecule has 0 aliphatic heterocycles. The van der Waals surface area contributed by atoms with Gasteiger partial charge in [-0.05, 0) is 31.0 Å². The molecule has 3 aromatic rings. The van der Waals surface area contributed by atoms with E-state index in [0.717, 1.165) is 5.39 Å². The van der Waals surface area contributed by atoms with Gasteiger partial charge in [-0.3, -0.25) is 0 Å². The monoisotopic (exact) mass is 369 g/mol. The molecule has 2 aromatic carbocycles. The van der Waals surface area contributed by atoms with Gasteiger partial charge in [0.1, 0.15) is 11.5 Å². The molecular formula is C18H15ClF3NO2. The van der Waals surface area contributed by atoms with E-state index in [1.165, 1.54) is 6.07 Å². The Morgan fingerprint density at radius 3 is 2.60 bits per heavy atom. The van der Waals surface area contributed by atoms with Gasteiger partial charge in [0.05, 0.1) is 17.6 Å². The van der Waals surface area contributed by atoms with Crippen LogP contribution in [0.4, 0.5) is 13.2 Å². The summed E-state index contributed by atoms with van der Waals surface area (Å²) in [6.45, 7) is 0.139. The molecular weight excluding hydrogens is 355 g/mol. The lowest BCUT2D eigenvalue weighted by atomic mass is 10.1. The summed E-state index contributed by atoms with van der Waals surface area (Å²) >= 11 is 5.97. The topological polar surface area (TPSA) is 42.4 Å². The molecule has 0 saturated heterocycles. The van der Waals surface area contributed by atoms with Gasteiger partial charge in [0, 0.05) is 34.3 Å². The number of ether oxygens (including phenoxy) is 1. The van der Waals surface area contributed by atoms with Gasteiger partial charge in [0.2, 0.25) is 0 Å². The summed E-state index contributed by atoms with van der Waals surface area (Å²) in [7, 11) is 0. The van der Waals surface area contributed by atoms with E-state index in [0.29, 0.717) is 27.2 Å². The number of fused-ring (bicyclic) bond motifs is 2. The molecule has 0 atom stereocenters. The predicted octanol–water partition coefficient (Wildman–Crippen LogP) is 5.86. The minimum atomic E-state index is -4.15. The van der Waals surface area contributed by atoms with E-state index in [2.05, 4.69) is 4.98 Å². The molecule has 0 aliphatic rings. The zero-order chi connectivity index (χ0) is 18.0. The number of nitrogens with zero attached hydrogens (tertiary/aromatic N) is 1. The van der Waals surface area contributed by atoms with Crippen LogP contribution >= 0.6 is 11.6 Å². The van der Waals surface area contributed by atoms with E-state index in [-0.39, 0.29) is 25.2 Å². The quantitative estimate of drug-likeness (QED) is 0.452. The first-order valence-corrected chi connectivity index (χ1v) is 8.12. The van der Waals surface area contributed by atoms with E-state index in [9.17, 15) is 18.3 Å². The molecule has 1 N–H and O–H groups in total. The number of pyridine rings is 1. The number of rotatable bonds is 5. The number of phenols is 1. The van der Waals surface area contributed by atoms with Crippen LogP contribution in [0.15, 0.2) is 36.4 Å². The second kappa shape index (κ2) is 6.96. The van der Waals surface area contributed by atoms with Crippen molar-refractivity contribution in [2.45, 2.75) is 25.4 Å². The van der Waals surface area contributed by atoms with Gasteiger partial charge in [-0.25, -0.2) is 4.98 Å². The van der Waals surface area contributed by atoms with E-state index in [1.807, 2.05) is 6.07 Å². The number of unbranched alkanes of at least 4 members (excludes halogenated alkanes) is 1. The van der Waals surface area contributed by atoms with E-state index >= 15 is 0 Å². The zero-order valence-corrected chi connectivity index (χ0v) is 13.9. The number of benzene rings is 2. The largest absolute Gasteiger partial charge is 0.507 e. The molecule has 0 radical (unpaired) electrons. The molecule has 132 valence electrons.